The lowest BCUT2D eigenvalue weighted by molar-refractivity contribution is -0.126. The van der Waals surface area contributed by atoms with E-state index in [1.54, 1.807) is 14.0 Å². The monoisotopic (exact) mass is 264 g/mol. The van der Waals surface area contributed by atoms with E-state index in [1.807, 2.05) is 24.3 Å². The van der Waals surface area contributed by atoms with Crippen LogP contribution in [0.3, 0.4) is 0 Å². The second-order valence-corrected chi connectivity index (χ2v) is 5.05. The number of nitrogens with one attached hydrogen (secondary N) is 2. The lowest BCUT2D eigenvalue weighted by atomic mass is 10.2. The molecule has 1 aromatic carbocycles. The summed E-state index contributed by atoms with van der Waals surface area (Å²) in [5.74, 6) is 1.23. The maximum atomic E-state index is 11.4. The van der Waals surface area contributed by atoms with Gasteiger partial charge >= 0.3 is 0 Å². The summed E-state index contributed by atoms with van der Waals surface area (Å²) < 4.78 is 5.60. The van der Waals surface area contributed by atoms with Gasteiger partial charge in [-0.1, -0.05) is 26.0 Å². The quantitative estimate of drug-likeness (QED) is 0.791. The molecule has 0 spiro atoms. The first-order valence-electron chi connectivity index (χ1n) is 6.70. The molecule has 1 rings (SSSR count). The van der Waals surface area contributed by atoms with E-state index in [0.29, 0.717) is 5.92 Å². The van der Waals surface area contributed by atoms with Crippen LogP contribution in [-0.4, -0.2) is 25.6 Å². The van der Waals surface area contributed by atoms with Crippen LogP contribution in [0.5, 0.6) is 5.75 Å². The Hall–Kier alpha value is -1.55. The zero-order valence-electron chi connectivity index (χ0n) is 12.2. The molecule has 0 aliphatic carbocycles. The molecule has 0 fully saturated rings. The van der Waals surface area contributed by atoms with Crippen LogP contribution in [0.2, 0.25) is 0 Å². The molecule has 4 nitrogen and oxygen atoms in total. The van der Waals surface area contributed by atoms with Gasteiger partial charge in [0, 0.05) is 13.6 Å². The topological polar surface area (TPSA) is 50.4 Å². The molecule has 4 heteroatoms. The molecule has 0 aromatic heterocycles. The van der Waals surface area contributed by atoms with E-state index in [-0.39, 0.29) is 5.91 Å². The van der Waals surface area contributed by atoms with Gasteiger partial charge in [0.1, 0.15) is 5.75 Å². The predicted molar refractivity (Wildman–Crippen MR) is 77.1 cm³/mol. The highest BCUT2D eigenvalue weighted by molar-refractivity contribution is 5.80. The van der Waals surface area contributed by atoms with Crippen LogP contribution < -0.4 is 15.4 Å². The number of hydrogen-bond donors (Lipinski definition) is 2. The average Bonchev–Trinajstić information content (AvgIpc) is 2.37. The Bertz CT molecular complexity index is 405. The van der Waals surface area contributed by atoms with E-state index in [2.05, 4.69) is 24.5 Å². The minimum Gasteiger partial charge on any atom is -0.481 e. The summed E-state index contributed by atoms with van der Waals surface area (Å²) in [6.45, 7) is 7.89. The SMILES string of the molecule is CNC(=O)C(C)Oc1cccc(CNCC(C)C)c1. The molecular formula is C15H24N2O2. The fraction of sp³-hybridized carbons (Fsp3) is 0.533. The van der Waals surface area contributed by atoms with Crippen molar-refractivity contribution in [3.05, 3.63) is 29.8 Å². The van der Waals surface area contributed by atoms with Gasteiger partial charge in [0.2, 0.25) is 0 Å². The Morgan fingerprint density at radius 2 is 2.05 bits per heavy atom. The molecule has 1 atom stereocenters. The fourth-order valence-electron chi connectivity index (χ4n) is 1.69. The normalized spacial score (nSPS) is 12.3. The van der Waals surface area contributed by atoms with Gasteiger partial charge in [0.15, 0.2) is 6.10 Å². The Labute approximate surface area is 115 Å². The molecule has 1 amide bonds. The Morgan fingerprint density at radius 3 is 2.68 bits per heavy atom. The van der Waals surface area contributed by atoms with Crippen molar-refractivity contribution in [2.24, 2.45) is 5.92 Å². The van der Waals surface area contributed by atoms with Gasteiger partial charge < -0.3 is 15.4 Å². The van der Waals surface area contributed by atoms with E-state index in [1.165, 1.54) is 0 Å². The molecule has 106 valence electrons. The number of benzene rings is 1. The van der Waals surface area contributed by atoms with Crippen molar-refractivity contribution < 1.29 is 9.53 Å². The first-order chi connectivity index (χ1) is 9.02. The van der Waals surface area contributed by atoms with E-state index in [0.717, 1.165) is 24.4 Å². The number of hydrogen-bond acceptors (Lipinski definition) is 3. The molecule has 19 heavy (non-hydrogen) atoms. The van der Waals surface area contributed by atoms with Gasteiger partial charge in [-0.05, 0) is 37.1 Å². The molecule has 0 radical (unpaired) electrons. The Morgan fingerprint density at radius 1 is 1.32 bits per heavy atom. The van der Waals surface area contributed by atoms with Crippen molar-refractivity contribution in [1.82, 2.24) is 10.6 Å². The second-order valence-electron chi connectivity index (χ2n) is 5.05. The van der Waals surface area contributed by atoms with Crippen LogP contribution in [0.1, 0.15) is 26.3 Å². The minimum absolute atomic E-state index is 0.122. The maximum Gasteiger partial charge on any atom is 0.260 e. The van der Waals surface area contributed by atoms with Crippen molar-refractivity contribution in [3.63, 3.8) is 0 Å². The first kappa shape index (κ1) is 15.5. The van der Waals surface area contributed by atoms with Gasteiger partial charge in [-0.3, -0.25) is 4.79 Å². The third-order valence-corrected chi connectivity index (χ3v) is 2.71. The summed E-state index contributed by atoms with van der Waals surface area (Å²) in [5, 5.41) is 5.95. The highest BCUT2D eigenvalue weighted by atomic mass is 16.5. The number of rotatable bonds is 7. The molecular weight excluding hydrogens is 240 g/mol. The summed E-state index contributed by atoms with van der Waals surface area (Å²) in [6, 6.07) is 7.82. The van der Waals surface area contributed by atoms with Gasteiger partial charge in [0.05, 0.1) is 0 Å². The standard InChI is InChI=1S/C15H24N2O2/c1-11(2)9-17-10-13-6-5-7-14(8-13)19-12(3)15(18)16-4/h5-8,11-12,17H,9-10H2,1-4H3,(H,16,18). The highest BCUT2D eigenvalue weighted by Gasteiger charge is 2.12. The number of carbonyl (C=O) groups excluding carboxylic acids is 1. The van der Waals surface area contributed by atoms with Crippen molar-refractivity contribution in [2.75, 3.05) is 13.6 Å². The third kappa shape index (κ3) is 5.75. The molecule has 0 aliphatic rings. The zero-order valence-corrected chi connectivity index (χ0v) is 12.2. The summed E-state index contributed by atoms with van der Waals surface area (Å²) in [5.41, 5.74) is 1.15. The molecule has 1 unspecified atom stereocenters. The van der Waals surface area contributed by atoms with Crippen molar-refractivity contribution in [3.8, 4) is 5.75 Å². The molecule has 0 aliphatic heterocycles. The predicted octanol–water partition coefficient (Wildman–Crippen LogP) is 1.95. The van der Waals surface area contributed by atoms with Gasteiger partial charge in [-0.15, -0.1) is 0 Å². The van der Waals surface area contributed by atoms with Crippen LogP contribution in [-0.2, 0) is 11.3 Å². The van der Waals surface area contributed by atoms with Crippen LogP contribution in [0, 0.1) is 5.92 Å². The largest absolute Gasteiger partial charge is 0.481 e. The Balaban J connectivity index is 2.54. The fourth-order valence-corrected chi connectivity index (χ4v) is 1.69. The van der Waals surface area contributed by atoms with Gasteiger partial charge in [0.25, 0.3) is 5.91 Å². The summed E-state index contributed by atoms with van der Waals surface area (Å²) >= 11 is 0. The van der Waals surface area contributed by atoms with Crippen LogP contribution in [0.25, 0.3) is 0 Å². The van der Waals surface area contributed by atoms with Gasteiger partial charge in [-0.25, -0.2) is 0 Å². The number of carbonyl (C=O) groups is 1. The van der Waals surface area contributed by atoms with E-state index < -0.39 is 6.10 Å². The highest BCUT2D eigenvalue weighted by Crippen LogP contribution is 2.15. The smallest absolute Gasteiger partial charge is 0.260 e. The first-order valence-corrected chi connectivity index (χ1v) is 6.70. The molecule has 0 heterocycles. The van der Waals surface area contributed by atoms with Crippen molar-refractivity contribution in [2.45, 2.75) is 33.4 Å². The molecule has 0 saturated carbocycles. The number of ether oxygens (including phenoxy) is 1. The van der Waals surface area contributed by atoms with Gasteiger partial charge in [-0.2, -0.15) is 0 Å². The maximum absolute atomic E-state index is 11.4. The van der Waals surface area contributed by atoms with Crippen LogP contribution in [0.4, 0.5) is 0 Å². The van der Waals surface area contributed by atoms with Crippen molar-refractivity contribution >= 4 is 5.91 Å². The minimum atomic E-state index is -0.483. The summed E-state index contributed by atoms with van der Waals surface area (Å²) in [6.07, 6.45) is -0.483. The lowest BCUT2D eigenvalue weighted by Crippen LogP contribution is -2.33. The molecule has 0 saturated heterocycles. The lowest BCUT2D eigenvalue weighted by Gasteiger charge is -2.14. The average molecular weight is 264 g/mol. The van der Waals surface area contributed by atoms with E-state index >= 15 is 0 Å². The van der Waals surface area contributed by atoms with Crippen LogP contribution in [0.15, 0.2) is 24.3 Å². The van der Waals surface area contributed by atoms with Crippen molar-refractivity contribution in [1.29, 1.82) is 0 Å². The number of likely N-dealkylation sites (N-methyl/N-ethyl adjacent to an activating group) is 1. The van der Waals surface area contributed by atoms with Crippen LogP contribution >= 0.6 is 0 Å². The van der Waals surface area contributed by atoms with E-state index in [4.69, 9.17) is 4.74 Å². The molecule has 2 N–H and O–H groups in total. The zero-order chi connectivity index (χ0) is 14.3. The molecule has 1 aromatic rings. The van der Waals surface area contributed by atoms with E-state index in [9.17, 15) is 4.79 Å². The summed E-state index contributed by atoms with van der Waals surface area (Å²) in [7, 11) is 1.61. The third-order valence-electron chi connectivity index (χ3n) is 2.71. The Kier molecular flexibility index (Phi) is 6.36. The number of amides is 1. The summed E-state index contributed by atoms with van der Waals surface area (Å²) in [4.78, 5) is 11.4. The molecule has 0 bridgehead atoms. The second kappa shape index (κ2) is 7.79.